The Morgan fingerprint density at radius 1 is 1.35 bits per heavy atom. The Kier molecular flexibility index (Phi) is 3.04. The highest BCUT2D eigenvalue weighted by atomic mass is 32.2. The highest BCUT2D eigenvalue weighted by Gasteiger charge is 2.44. The molecular formula is C16H18N6S. The Morgan fingerprint density at radius 3 is 3.22 bits per heavy atom. The van der Waals surface area contributed by atoms with Gasteiger partial charge in [-0.1, -0.05) is 30.7 Å². The molecule has 23 heavy (non-hydrogen) atoms. The normalized spacial score (nSPS) is 25.5. The fourth-order valence-electron chi connectivity index (χ4n) is 4.04. The Labute approximate surface area is 138 Å². The van der Waals surface area contributed by atoms with Crippen LogP contribution in [0.1, 0.15) is 57.1 Å². The summed E-state index contributed by atoms with van der Waals surface area (Å²) in [5, 5.41) is 12.2. The number of unbranched alkanes of at least 4 members (excludes halogenated alkanes) is 1. The molecule has 0 amide bonds. The molecule has 2 atom stereocenters. The Balaban J connectivity index is 1.63. The number of hydrogen-bond acceptors (Lipinski definition) is 6. The minimum Gasteiger partial charge on any atom is -0.274 e. The van der Waals surface area contributed by atoms with Crippen LogP contribution in [0, 0.1) is 0 Å². The lowest BCUT2D eigenvalue weighted by Crippen LogP contribution is -2.21. The standard InChI is InChI=1S/C16H18N6S/c1-2-3-7-11-9-5-4-6-10(9)12-13-14(23-16(12)18-11)15-19-20-21-22(15)8-17-13/h8,12,16H,2-7H2,1H3/t12-,16-/m1/s1. The molecule has 1 aliphatic carbocycles. The van der Waals surface area contributed by atoms with Crippen LogP contribution in [0.15, 0.2) is 27.4 Å². The Morgan fingerprint density at radius 2 is 2.30 bits per heavy atom. The fraction of sp³-hybridized carbons (Fsp3) is 0.562. The molecule has 2 aromatic heterocycles. The molecule has 0 saturated carbocycles. The van der Waals surface area contributed by atoms with E-state index in [0.717, 1.165) is 22.7 Å². The second kappa shape index (κ2) is 5.12. The van der Waals surface area contributed by atoms with Gasteiger partial charge >= 0.3 is 0 Å². The molecule has 0 radical (unpaired) electrons. The molecule has 2 aliphatic heterocycles. The van der Waals surface area contributed by atoms with Crippen molar-refractivity contribution < 1.29 is 0 Å². The molecule has 0 unspecified atom stereocenters. The molecule has 3 aliphatic rings. The molecule has 0 N–H and O–H groups in total. The van der Waals surface area contributed by atoms with Crippen LogP contribution in [0.4, 0.5) is 0 Å². The highest BCUT2D eigenvalue weighted by molar-refractivity contribution is 8.00. The zero-order valence-electron chi connectivity index (χ0n) is 13.1. The van der Waals surface area contributed by atoms with Crippen LogP contribution in [0.5, 0.6) is 0 Å². The summed E-state index contributed by atoms with van der Waals surface area (Å²) in [5.74, 6) is 0.333. The first-order chi connectivity index (χ1) is 11.4. The third-order valence-corrected chi connectivity index (χ3v) is 6.33. The molecule has 118 valence electrons. The second-order valence-electron chi connectivity index (χ2n) is 6.43. The predicted octanol–water partition coefficient (Wildman–Crippen LogP) is 3.16. The maximum atomic E-state index is 5.13. The molecule has 0 spiro atoms. The van der Waals surface area contributed by atoms with E-state index < -0.39 is 0 Å². The van der Waals surface area contributed by atoms with Crippen LogP contribution < -0.4 is 0 Å². The van der Waals surface area contributed by atoms with E-state index in [4.69, 9.17) is 4.99 Å². The lowest BCUT2D eigenvalue weighted by atomic mass is 9.87. The van der Waals surface area contributed by atoms with Gasteiger partial charge in [0.1, 0.15) is 11.7 Å². The number of thioether (sulfide) groups is 1. The van der Waals surface area contributed by atoms with Gasteiger partial charge in [0.15, 0.2) is 5.65 Å². The van der Waals surface area contributed by atoms with Gasteiger partial charge in [0, 0.05) is 5.71 Å². The molecule has 2 aromatic rings. The van der Waals surface area contributed by atoms with Crippen molar-refractivity contribution in [2.24, 2.45) is 4.99 Å². The lowest BCUT2D eigenvalue weighted by molar-refractivity contribution is 0.689. The number of fused-ring (bicyclic) bond motifs is 6. The topological polar surface area (TPSA) is 68.3 Å². The van der Waals surface area contributed by atoms with Gasteiger partial charge in [-0.3, -0.25) is 4.99 Å². The minimum atomic E-state index is 0.226. The number of dihydropyridines is 1. The van der Waals surface area contributed by atoms with Crippen molar-refractivity contribution in [3.05, 3.63) is 23.2 Å². The SMILES string of the molecule is CCCCC1=N[C@@H]2Sc3c(ncn4nnnc34)[C@H]2C2=C1CCC2. The molecule has 4 heterocycles. The van der Waals surface area contributed by atoms with Gasteiger partial charge in [-0.2, -0.15) is 4.52 Å². The van der Waals surface area contributed by atoms with E-state index in [2.05, 4.69) is 27.4 Å². The van der Waals surface area contributed by atoms with E-state index >= 15 is 0 Å². The van der Waals surface area contributed by atoms with Crippen LogP contribution >= 0.6 is 11.8 Å². The van der Waals surface area contributed by atoms with Gasteiger partial charge in [-0.05, 0) is 48.1 Å². The summed E-state index contributed by atoms with van der Waals surface area (Å²) in [5.41, 5.74) is 6.44. The summed E-state index contributed by atoms with van der Waals surface area (Å²) in [6.45, 7) is 2.25. The smallest absolute Gasteiger partial charge is 0.196 e. The number of hydrogen-bond donors (Lipinski definition) is 0. The van der Waals surface area contributed by atoms with Gasteiger partial charge in [-0.15, -0.1) is 5.10 Å². The molecular weight excluding hydrogens is 308 g/mol. The van der Waals surface area contributed by atoms with E-state index in [0.29, 0.717) is 5.92 Å². The summed E-state index contributed by atoms with van der Waals surface area (Å²) >= 11 is 1.79. The first kappa shape index (κ1) is 13.7. The van der Waals surface area contributed by atoms with E-state index in [1.807, 2.05) is 0 Å². The van der Waals surface area contributed by atoms with Crippen LogP contribution in [0.25, 0.3) is 5.65 Å². The van der Waals surface area contributed by atoms with Crippen molar-refractivity contribution in [2.45, 2.75) is 61.6 Å². The van der Waals surface area contributed by atoms with Crippen molar-refractivity contribution in [1.29, 1.82) is 0 Å². The zero-order chi connectivity index (χ0) is 15.4. The van der Waals surface area contributed by atoms with Crippen molar-refractivity contribution in [2.75, 3.05) is 0 Å². The van der Waals surface area contributed by atoms with Crippen molar-refractivity contribution in [3.63, 3.8) is 0 Å². The molecule has 0 fully saturated rings. The van der Waals surface area contributed by atoms with E-state index in [1.165, 1.54) is 43.4 Å². The number of tetrazole rings is 1. The number of aromatic nitrogens is 5. The van der Waals surface area contributed by atoms with E-state index in [1.54, 1.807) is 28.2 Å². The third-order valence-electron chi connectivity index (χ3n) is 5.09. The molecule has 0 saturated heterocycles. The summed E-state index contributed by atoms with van der Waals surface area (Å²) in [6, 6.07) is 0. The maximum absolute atomic E-state index is 5.13. The summed E-state index contributed by atoms with van der Waals surface area (Å²) < 4.78 is 1.66. The van der Waals surface area contributed by atoms with Crippen molar-refractivity contribution >= 4 is 23.1 Å². The first-order valence-corrected chi connectivity index (χ1v) is 9.27. The zero-order valence-corrected chi connectivity index (χ0v) is 13.9. The monoisotopic (exact) mass is 326 g/mol. The number of allylic oxidation sites excluding steroid dienone is 1. The third kappa shape index (κ3) is 1.92. The molecule has 0 aromatic carbocycles. The highest BCUT2D eigenvalue weighted by Crippen LogP contribution is 2.55. The lowest BCUT2D eigenvalue weighted by Gasteiger charge is -2.26. The summed E-state index contributed by atoms with van der Waals surface area (Å²) in [7, 11) is 0. The van der Waals surface area contributed by atoms with Crippen molar-refractivity contribution in [1.82, 2.24) is 25.0 Å². The van der Waals surface area contributed by atoms with Gasteiger partial charge in [0.25, 0.3) is 0 Å². The van der Waals surface area contributed by atoms with Gasteiger partial charge in [0.05, 0.1) is 16.5 Å². The summed E-state index contributed by atoms with van der Waals surface area (Å²) in [6.07, 6.45) is 8.94. The van der Waals surface area contributed by atoms with Gasteiger partial charge in [0.2, 0.25) is 0 Å². The Hall–Kier alpha value is -1.76. The Bertz CT molecular complexity index is 851. The average Bonchev–Trinajstić information content (AvgIpc) is 3.27. The van der Waals surface area contributed by atoms with Gasteiger partial charge < -0.3 is 0 Å². The number of nitrogens with zero attached hydrogens (tertiary/aromatic N) is 6. The average molecular weight is 326 g/mol. The van der Waals surface area contributed by atoms with Gasteiger partial charge in [-0.25, -0.2) is 4.98 Å². The van der Waals surface area contributed by atoms with Crippen LogP contribution in [0.3, 0.4) is 0 Å². The molecule has 7 heteroatoms. The maximum Gasteiger partial charge on any atom is 0.196 e. The van der Waals surface area contributed by atoms with Crippen LogP contribution in [-0.2, 0) is 0 Å². The first-order valence-electron chi connectivity index (χ1n) is 8.39. The molecule has 6 nitrogen and oxygen atoms in total. The van der Waals surface area contributed by atoms with Crippen LogP contribution in [-0.4, -0.2) is 36.1 Å². The largest absolute Gasteiger partial charge is 0.274 e. The quantitative estimate of drug-likeness (QED) is 0.866. The molecule has 0 bridgehead atoms. The van der Waals surface area contributed by atoms with E-state index in [9.17, 15) is 0 Å². The number of aliphatic imine (C=N–C) groups is 1. The number of rotatable bonds is 3. The predicted molar refractivity (Wildman–Crippen MR) is 88.8 cm³/mol. The summed E-state index contributed by atoms with van der Waals surface area (Å²) in [4.78, 5) is 10.9. The fourth-order valence-corrected chi connectivity index (χ4v) is 5.43. The van der Waals surface area contributed by atoms with Crippen LogP contribution in [0.2, 0.25) is 0 Å². The minimum absolute atomic E-state index is 0.226. The molecule has 5 rings (SSSR count). The van der Waals surface area contributed by atoms with E-state index in [-0.39, 0.29) is 5.37 Å². The van der Waals surface area contributed by atoms with Crippen molar-refractivity contribution in [3.8, 4) is 0 Å². The second-order valence-corrected chi connectivity index (χ2v) is 7.56.